The van der Waals surface area contributed by atoms with Gasteiger partial charge < -0.3 is 19.4 Å². The maximum absolute atomic E-state index is 12.4. The fourth-order valence-corrected chi connectivity index (χ4v) is 2.18. The molecule has 1 N–H and O–H groups in total. The summed E-state index contributed by atoms with van der Waals surface area (Å²) in [5.41, 5.74) is 0.179. The van der Waals surface area contributed by atoms with Crippen molar-refractivity contribution < 1.29 is 88.2 Å². The smallest absolute Gasteiger partial charge is 0.810 e. The molecular formula is C14H10NNa2O7P. The third-order valence-electron chi connectivity index (χ3n) is 3.00. The molecule has 0 radical (unpaired) electrons. The van der Waals surface area contributed by atoms with Crippen molar-refractivity contribution in [1.29, 1.82) is 0 Å². The van der Waals surface area contributed by atoms with Crippen LogP contribution in [0, 0.1) is 17.0 Å². The Balaban J connectivity index is 0.00000288. The normalized spacial score (nSPS) is 9.76. The van der Waals surface area contributed by atoms with Gasteiger partial charge in [-0.15, -0.1) is 0 Å². The van der Waals surface area contributed by atoms with E-state index in [1.807, 2.05) is 6.92 Å². The van der Waals surface area contributed by atoms with Crippen LogP contribution in [0.15, 0.2) is 36.4 Å². The van der Waals surface area contributed by atoms with Gasteiger partial charge in [0.25, 0.3) is 0 Å². The van der Waals surface area contributed by atoms with Crippen molar-refractivity contribution in [2.24, 2.45) is 0 Å². The first-order valence-electron chi connectivity index (χ1n) is 6.24. The Bertz CT molecular complexity index is 769. The zero-order valence-corrected chi connectivity index (χ0v) is 18.6. The maximum atomic E-state index is 12.4. The van der Waals surface area contributed by atoms with Crippen LogP contribution in [-0.2, 0) is 0 Å². The van der Waals surface area contributed by atoms with Gasteiger partial charge in [0.1, 0.15) is 0 Å². The topological polar surface area (TPSA) is 136 Å². The molecule has 0 aliphatic carbocycles. The van der Waals surface area contributed by atoms with Crippen molar-refractivity contribution in [3.63, 3.8) is 0 Å². The maximum Gasteiger partial charge on any atom is 1.00 e. The van der Waals surface area contributed by atoms with E-state index in [1.165, 1.54) is 12.1 Å². The molecule has 0 atom stereocenters. The van der Waals surface area contributed by atoms with Gasteiger partial charge in [-0.3, -0.25) is 14.9 Å². The first kappa shape index (κ1) is 24.5. The number of phenols is 1. The SMILES string of the molecule is Cc1ccc(C(=O)c2cc(OP([O-])[O-])c(O)c([N+](=O)[O-])c2)cc1.[Na+].[Na+]. The molecule has 2 aromatic rings. The van der Waals surface area contributed by atoms with Gasteiger partial charge >= 0.3 is 64.8 Å². The third-order valence-corrected chi connectivity index (χ3v) is 3.35. The van der Waals surface area contributed by atoms with Gasteiger partial charge in [0.15, 0.2) is 11.5 Å². The number of hydrogen-bond donors (Lipinski definition) is 1. The number of benzene rings is 2. The number of nitrogens with zero attached hydrogens (tertiary/aromatic N) is 1. The quantitative estimate of drug-likeness (QED) is 0.180. The number of nitro benzene ring substituents is 1. The zero-order chi connectivity index (χ0) is 17.1. The van der Waals surface area contributed by atoms with Crippen molar-refractivity contribution in [3.05, 3.63) is 63.2 Å². The average Bonchev–Trinajstić information content (AvgIpc) is 2.48. The molecule has 0 saturated carbocycles. The molecule has 0 saturated heterocycles. The molecule has 11 heteroatoms. The first-order chi connectivity index (χ1) is 10.8. The molecule has 0 bridgehead atoms. The van der Waals surface area contributed by atoms with Gasteiger partial charge in [-0.05, 0) is 13.0 Å². The second-order valence-corrected chi connectivity index (χ2v) is 5.24. The van der Waals surface area contributed by atoms with Gasteiger partial charge in [-0.1, -0.05) is 38.4 Å². The monoisotopic (exact) mass is 381 g/mol. The van der Waals surface area contributed by atoms with Crippen LogP contribution in [0.25, 0.3) is 0 Å². The van der Waals surface area contributed by atoms with Crippen LogP contribution >= 0.6 is 8.60 Å². The van der Waals surface area contributed by atoms with E-state index in [9.17, 15) is 29.8 Å². The van der Waals surface area contributed by atoms with E-state index in [-0.39, 0.29) is 70.2 Å². The van der Waals surface area contributed by atoms with Crippen molar-refractivity contribution >= 4 is 20.1 Å². The molecule has 25 heavy (non-hydrogen) atoms. The second-order valence-electron chi connectivity index (χ2n) is 4.61. The fourth-order valence-electron chi connectivity index (χ4n) is 1.88. The Morgan fingerprint density at radius 3 is 2.16 bits per heavy atom. The van der Waals surface area contributed by atoms with Gasteiger partial charge in [0.2, 0.25) is 5.75 Å². The number of nitro groups is 1. The molecule has 0 aliphatic heterocycles. The predicted octanol–water partition coefficient (Wildman–Crippen LogP) is -4.83. The van der Waals surface area contributed by atoms with Crippen LogP contribution in [0.1, 0.15) is 21.5 Å². The molecule has 0 unspecified atom stereocenters. The van der Waals surface area contributed by atoms with Crippen LogP contribution in [0.4, 0.5) is 5.69 Å². The Labute approximate surface area is 188 Å². The number of rotatable bonds is 5. The summed E-state index contributed by atoms with van der Waals surface area (Å²) < 4.78 is 4.33. The third kappa shape index (κ3) is 6.29. The Morgan fingerprint density at radius 1 is 1.12 bits per heavy atom. The summed E-state index contributed by atoms with van der Waals surface area (Å²) in [5.74, 6) is -2.21. The minimum Gasteiger partial charge on any atom is -0.810 e. The average molecular weight is 381 g/mol. The largest absolute Gasteiger partial charge is 1.00 e. The minimum absolute atomic E-state index is 0. The van der Waals surface area contributed by atoms with Crippen molar-refractivity contribution in [2.75, 3.05) is 0 Å². The van der Waals surface area contributed by atoms with Crippen LogP contribution in [0.5, 0.6) is 11.5 Å². The molecule has 0 spiro atoms. The minimum atomic E-state index is -3.41. The van der Waals surface area contributed by atoms with Crippen LogP contribution in [0.2, 0.25) is 0 Å². The van der Waals surface area contributed by atoms with Gasteiger partial charge in [0, 0.05) is 17.2 Å². The number of carbonyl (C=O) groups excluding carboxylic acids is 1. The van der Waals surface area contributed by atoms with Crippen molar-refractivity contribution in [3.8, 4) is 11.5 Å². The first-order valence-corrected chi connectivity index (χ1v) is 7.34. The molecule has 2 rings (SSSR count). The second kappa shape index (κ2) is 10.6. The summed E-state index contributed by atoms with van der Waals surface area (Å²) in [4.78, 5) is 43.7. The molecule has 0 fully saturated rings. The van der Waals surface area contributed by atoms with E-state index in [0.717, 1.165) is 17.7 Å². The summed E-state index contributed by atoms with van der Waals surface area (Å²) >= 11 is 0. The number of carbonyl (C=O) groups is 1. The number of aryl methyl sites for hydroxylation is 1. The van der Waals surface area contributed by atoms with Crippen LogP contribution in [-0.4, -0.2) is 15.8 Å². The molecule has 8 nitrogen and oxygen atoms in total. The summed E-state index contributed by atoms with van der Waals surface area (Å²) in [5, 5.41) is 20.6. The van der Waals surface area contributed by atoms with Crippen molar-refractivity contribution in [2.45, 2.75) is 6.92 Å². The van der Waals surface area contributed by atoms with Crippen LogP contribution in [0.3, 0.4) is 0 Å². The number of hydrogen-bond acceptors (Lipinski definition) is 7. The number of ketones is 1. The summed E-state index contributed by atoms with van der Waals surface area (Å²) in [6, 6.07) is 8.25. The van der Waals surface area contributed by atoms with Crippen LogP contribution < -0.4 is 73.4 Å². The van der Waals surface area contributed by atoms with E-state index in [4.69, 9.17) is 0 Å². The molecule has 0 aromatic heterocycles. The van der Waals surface area contributed by atoms with Gasteiger partial charge in [0.05, 0.1) is 4.92 Å². The van der Waals surface area contributed by atoms with E-state index >= 15 is 0 Å². The number of aromatic hydroxyl groups is 1. The Kier molecular flexibility index (Phi) is 10.3. The molecular weight excluding hydrogens is 371 g/mol. The summed E-state index contributed by atoms with van der Waals surface area (Å²) in [6.45, 7) is 1.83. The Morgan fingerprint density at radius 2 is 1.68 bits per heavy atom. The van der Waals surface area contributed by atoms with Gasteiger partial charge in [-0.25, -0.2) is 0 Å². The molecule has 2 aromatic carbocycles. The Hall–Kier alpha value is -0.540. The van der Waals surface area contributed by atoms with Crippen molar-refractivity contribution in [1.82, 2.24) is 0 Å². The van der Waals surface area contributed by atoms with E-state index in [2.05, 4.69) is 4.52 Å². The zero-order valence-electron chi connectivity index (χ0n) is 13.8. The van der Waals surface area contributed by atoms with Gasteiger partial charge in [-0.2, -0.15) is 0 Å². The summed E-state index contributed by atoms with van der Waals surface area (Å²) in [7, 11) is -3.41. The van der Waals surface area contributed by atoms with E-state index in [0.29, 0.717) is 0 Å². The van der Waals surface area contributed by atoms with E-state index < -0.39 is 36.5 Å². The number of phenolic OH excluding ortho intramolecular Hbond substituents is 1. The van der Waals surface area contributed by atoms with E-state index in [1.54, 1.807) is 12.1 Å². The summed E-state index contributed by atoms with van der Waals surface area (Å²) in [6.07, 6.45) is 0. The molecule has 0 heterocycles. The molecule has 120 valence electrons. The molecule has 0 amide bonds. The fraction of sp³-hybridized carbons (Fsp3) is 0.0714. The molecule has 0 aliphatic rings. The predicted molar refractivity (Wildman–Crippen MR) is 76.9 cm³/mol. The standard InChI is InChI=1S/C14H10NO7P.2Na/c1-8-2-4-9(5-3-8)13(16)10-6-11(15(18)19)14(17)12(7-10)22-23(20)21;;/h2-7,17H,1H3;;/q-2;2*+1.